The third-order valence-electron chi connectivity index (χ3n) is 2.79. The number of phenolic OH excluding ortho intramolecular Hbond substituents is 1. The van der Waals surface area contributed by atoms with Gasteiger partial charge in [0, 0.05) is 16.8 Å². The fourth-order valence-electron chi connectivity index (χ4n) is 1.82. The molecule has 0 unspecified atom stereocenters. The molecule has 100 valence electrons. The van der Waals surface area contributed by atoms with Crippen molar-refractivity contribution in [1.82, 2.24) is 4.98 Å². The fourth-order valence-corrected chi connectivity index (χ4v) is 1.99. The number of halogens is 1. The van der Waals surface area contributed by atoms with E-state index in [4.69, 9.17) is 16.0 Å². The lowest BCUT2D eigenvalue weighted by atomic mass is 10.2. The summed E-state index contributed by atoms with van der Waals surface area (Å²) in [7, 11) is 0. The Hall–Kier alpha value is -2.53. The summed E-state index contributed by atoms with van der Waals surface area (Å²) in [6, 6.07) is 9.36. The third kappa shape index (κ3) is 2.31. The number of anilines is 1. The number of hydrogen-bond acceptors (Lipinski definition) is 4. The van der Waals surface area contributed by atoms with Crippen molar-refractivity contribution >= 4 is 34.3 Å². The Morgan fingerprint density at radius 2 is 2.10 bits per heavy atom. The Morgan fingerprint density at radius 3 is 2.95 bits per heavy atom. The Balaban J connectivity index is 1.89. The van der Waals surface area contributed by atoms with Gasteiger partial charge in [0.15, 0.2) is 12.0 Å². The highest BCUT2D eigenvalue weighted by Gasteiger charge is 2.12. The second kappa shape index (κ2) is 4.86. The molecule has 0 aliphatic carbocycles. The van der Waals surface area contributed by atoms with Gasteiger partial charge in [0.1, 0.15) is 11.3 Å². The van der Waals surface area contributed by atoms with Crippen molar-refractivity contribution in [3.8, 4) is 5.75 Å². The smallest absolute Gasteiger partial charge is 0.259 e. The molecule has 0 saturated carbocycles. The zero-order valence-electron chi connectivity index (χ0n) is 10.1. The van der Waals surface area contributed by atoms with E-state index in [1.165, 1.54) is 24.6 Å². The number of carbonyl (C=O) groups is 1. The number of aromatic nitrogens is 1. The van der Waals surface area contributed by atoms with Crippen LogP contribution in [-0.4, -0.2) is 16.0 Å². The van der Waals surface area contributed by atoms with Gasteiger partial charge < -0.3 is 14.8 Å². The number of rotatable bonds is 2. The maximum atomic E-state index is 12.1. The van der Waals surface area contributed by atoms with Gasteiger partial charge >= 0.3 is 0 Å². The van der Waals surface area contributed by atoms with E-state index in [9.17, 15) is 9.90 Å². The summed E-state index contributed by atoms with van der Waals surface area (Å²) in [6.45, 7) is 0. The third-order valence-corrected chi connectivity index (χ3v) is 3.03. The van der Waals surface area contributed by atoms with Crippen LogP contribution in [0.25, 0.3) is 11.1 Å². The van der Waals surface area contributed by atoms with Crippen LogP contribution in [0, 0.1) is 0 Å². The number of amides is 1. The molecule has 20 heavy (non-hydrogen) atoms. The predicted octanol–water partition coefficient (Wildman–Crippen LogP) is 3.44. The monoisotopic (exact) mass is 288 g/mol. The van der Waals surface area contributed by atoms with E-state index in [0.29, 0.717) is 21.8 Å². The van der Waals surface area contributed by atoms with Crippen molar-refractivity contribution in [2.45, 2.75) is 0 Å². The van der Waals surface area contributed by atoms with Gasteiger partial charge in [0.05, 0.1) is 5.56 Å². The minimum Gasteiger partial charge on any atom is -0.507 e. The van der Waals surface area contributed by atoms with Crippen molar-refractivity contribution in [2.24, 2.45) is 0 Å². The number of aromatic hydroxyl groups is 1. The van der Waals surface area contributed by atoms with Crippen LogP contribution in [0.2, 0.25) is 5.02 Å². The van der Waals surface area contributed by atoms with E-state index in [2.05, 4.69) is 10.3 Å². The summed E-state index contributed by atoms with van der Waals surface area (Å²) in [5, 5.41) is 12.7. The normalized spacial score (nSPS) is 10.7. The molecule has 1 heterocycles. The molecule has 3 rings (SSSR count). The van der Waals surface area contributed by atoms with Crippen LogP contribution in [0.4, 0.5) is 5.69 Å². The van der Waals surface area contributed by atoms with Gasteiger partial charge in [-0.05, 0) is 30.3 Å². The van der Waals surface area contributed by atoms with E-state index in [1.807, 2.05) is 0 Å². The Labute approximate surface area is 118 Å². The first-order chi connectivity index (χ1) is 9.63. The molecule has 2 aromatic carbocycles. The molecule has 0 radical (unpaired) electrons. The van der Waals surface area contributed by atoms with Gasteiger partial charge in [-0.15, -0.1) is 0 Å². The second-order valence-electron chi connectivity index (χ2n) is 4.15. The van der Waals surface area contributed by atoms with Crippen LogP contribution in [0.5, 0.6) is 5.75 Å². The lowest BCUT2D eigenvalue weighted by Crippen LogP contribution is -2.12. The quantitative estimate of drug-likeness (QED) is 0.757. The number of fused-ring (bicyclic) bond motifs is 1. The number of benzene rings is 2. The molecule has 0 atom stereocenters. The van der Waals surface area contributed by atoms with Crippen molar-refractivity contribution in [2.75, 3.05) is 5.32 Å². The van der Waals surface area contributed by atoms with E-state index >= 15 is 0 Å². The highest BCUT2D eigenvalue weighted by atomic mass is 35.5. The molecule has 0 aliphatic heterocycles. The summed E-state index contributed by atoms with van der Waals surface area (Å²) >= 11 is 5.81. The average molecular weight is 289 g/mol. The summed E-state index contributed by atoms with van der Waals surface area (Å²) in [4.78, 5) is 16.1. The molecule has 1 amide bonds. The first kappa shape index (κ1) is 12.5. The number of phenols is 1. The van der Waals surface area contributed by atoms with Crippen LogP contribution in [-0.2, 0) is 0 Å². The second-order valence-corrected chi connectivity index (χ2v) is 4.59. The molecule has 0 spiro atoms. The molecule has 2 N–H and O–H groups in total. The molecular weight excluding hydrogens is 280 g/mol. The Bertz CT molecular complexity index is 798. The van der Waals surface area contributed by atoms with Crippen molar-refractivity contribution in [3.63, 3.8) is 0 Å². The summed E-state index contributed by atoms with van der Waals surface area (Å²) in [5.74, 6) is -0.587. The van der Waals surface area contributed by atoms with Crippen LogP contribution in [0.15, 0.2) is 47.2 Å². The molecule has 0 aliphatic rings. The summed E-state index contributed by atoms with van der Waals surface area (Å²) in [5.41, 5.74) is 1.92. The molecule has 1 aromatic heterocycles. The van der Waals surface area contributed by atoms with Crippen LogP contribution < -0.4 is 5.32 Å². The van der Waals surface area contributed by atoms with Crippen LogP contribution in [0.1, 0.15) is 10.4 Å². The molecule has 3 aromatic rings. The number of oxazole rings is 1. The number of nitrogens with one attached hydrogen (secondary N) is 1. The first-order valence-electron chi connectivity index (χ1n) is 5.76. The maximum absolute atomic E-state index is 12.1. The van der Waals surface area contributed by atoms with Gasteiger partial charge in [-0.3, -0.25) is 4.79 Å². The van der Waals surface area contributed by atoms with E-state index in [1.54, 1.807) is 18.2 Å². The minimum atomic E-state index is -0.455. The van der Waals surface area contributed by atoms with Gasteiger partial charge in [-0.1, -0.05) is 11.6 Å². The molecule has 6 heteroatoms. The Morgan fingerprint density at radius 1 is 1.25 bits per heavy atom. The highest BCUT2D eigenvalue weighted by molar-refractivity contribution is 6.31. The topological polar surface area (TPSA) is 75.4 Å². The van der Waals surface area contributed by atoms with Gasteiger partial charge in [-0.2, -0.15) is 0 Å². The lowest BCUT2D eigenvalue weighted by Gasteiger charge is -2.07. The molecular formula is C14H9ClN2O3. The van der Waals surface area contributed by atoms with E-state index in [-0.39, 0.29) is 11.3 Å². The number of carbonyl (C=O) groups excluding carboxylic acids is 1. The van der Waals surface area contributed by atoms with Gasteiger partial charge in [-0.25, -0.2) is 4.98 Å². The van der Waals surface area contributed by atoms with Crippen LogP contribution >= 0.6 is 11.6 Å². The van der Waals surface area contributed by atoms with Crippen molar-refractivity contribution in [1.29, 1.82) is 0 Å². The van der Waals surface area contributed by atoms with E-state index in [0.717, 1.165) is 0 Å². The highest BCUT2D eigenvalue weighted by Crippen LogP contribution is 2.23. The molecule has 5 nitrogen and oxygen atoms in total. The number of nitrogens with zero attached hydrogens (tertiary/aromatic N) is 1. The average Bonchev–Trinajstić information content (AvgIpc) is 2.89. The lowest BCUT2D eigenvalue weighted by molar-refractivity contribution is 0.102. The zero-order valence-corrected chi connectivity index (χ0v) is 10.9. The zero-order chi connectivity index (χ0) is 14.1. The van der Waals surface area contributed by atoms with Crippen molar-refractivity contribution < 1.29 is 14.3 Å². The number of hydrogen-bond donors (Lipinski definition) is 2. The minimum absolute atomic E-state index is 0.107. The van der Waals surface area contributed by atoms with Crippen LogP contribution in [0.3, 0.4) is 0 Å². The molecule has 0 fully saturated rings. The molecule has 0 bridgehead atoms. The molecule has 0 saturated heterocycles. The maximum Gasteiger partial charge on any atom is 0.259 e. The summed E-state index contributed by atoms with van der Waals surface area (Å²) in [6.07, 6.45) is 1.33. The standard InChI is InChI=1S/C14H9ClN2O3/c15-8-1-4-12(18)10(5-8)14(19)17-9-2-3-11-13(6-9)20-7-16-11/h1-7,18H,(H,17,19). The largest absolute Gasteiger partial charge is 0.507 e. The summed E-state index contributed by atoms with van der Waals surface area (Å²) < 4.78 is 5.16. The SMILES string of the molecule is O=C(Nc1ccc2ncoc2c1)c1cc(Cl)ccc1O. The van der Waals surface area contributed by atoms with Crippen molar-refractivity contribution in [3.05, 3.63) is 53.4 Å². The van der Waals surface area contributed by atoms with E-state index < -0.39 is 5.91 Å². The Kier molecular flexibility index (Phi) is 3.04. The first-order valence-corrected chi connectivity index (χ1v) is 6.14. The predicted molar refractivity (Wildman–Crippen MR) is 75.1 cm³/mol. The van der Waals surface area contributed by atoms with Gasteiger partial charge in [0.25, 0.3) is 5.91 Å². The van der Waals surface area contributed by atoms with Gasteiger partial charge in [0.2, 0.25) is 0 Å². The fraction of sp³-hybridized carbons (Fsp3) is 0.